The van der Waals surface area contributed by atoms with Crippen LogP contribution in [0.3, 0.4) is 0 Å². The molecule has 1 aromatic rings. The quantitative estimate of drug-likeness (QED) is 0.685. The molecule has 2 rings (SSSR count). The third kappa shape index (κ3) is 3.62. The lowest BCUT2D eigenvalue weighted by molar-refractivity contribution is -0.139. The molecule has 0 saturated heterocycles. The molecule has 0 radical (unpaired) electrons. The SMILES string of the molecule is NC(=O)CC[C@H](NC(=O)c1cccn1C1CCC1)C(=O)O. The van der Waals surface area contributed by atoms with E-state index in [2.05, 4.69) is 5.32 Å². The number of carboxylic acids is 1. The van der Waals surface area contributed by atoms with Crippen LogP contribution in [0.4, 0.5) is 0 Å². The predicted octanol–water partition coefficient (Wildman–Crippen LogP) is 0.662. The molecule has 0 aliphatic heterocycles. The Balaban J connectivity index is 2.03. The monoisotopic (exact) mass is 293 g/mol. The van der Waals surface area contributed by atoms with Crippen LogP contribution in [0, 0.1) is 0 Å². The number of carbonyl (C=O) groups excluding carboxylic acids is 2. The summed E-state index contributed by atoms with van der Waals surface area (Å²) < 4.78 is 1.88. The van der Waals surface area contributed by atoms with Gasteiger partial charge in [0.15, 0.2) is 0 Å². The fourth-order valence-corrected chi connectivity index (χ4v) is 2.35. The summed E-state index contributed by atoms with van der Waals surface area (Å²) in [5, 5.41) is 11.5. The van der Waals surface area contributed by atoms with Crippen molar-refractivity contribution in [3.8, 4) is 0 Å². The van der Waals surface area contributed by atoms with E-state index < -0.39 is 23.8 Å². The minimum atomic E-state index is -1.17. The Kier molecular flexibility index (Phi) is 4.62. The van der Waals surface area contributed by atoms with Gasteiger partial charge in [-0.05, 0) is 37.8 Å². The van der Waals surface area contributed by atoms with E-state index in [-0.39, 0.29) is 12.8 Å². The van der Waals surface area contributed by atoms with Gasteiger partial charge in [0.05, 0.1) is 0 Å². The molecule has 7 nitrogen and oxygen atoms in total. The molecule has 1 atom stereocenters. The van der Waals surface area contributed by atoms with E-state index in [0.717, 1.165) is 19.3 Å². The number of nitrogens with two attached hydrogens (primary N) is 1. The first-order valence-corrected chi connectivity index (χ1v) is 6.98. The van der Waals surface area contributed by atoms with Crippen LogP contribution in [-0.4, -0.2) is 33.5 Å². The molecule has 1 heterocycles. The van der Waals surface area contributed by atoms with Crippen molar-refractivity contribution in [3.05, 3.63) is 24.0 Å². The molecule has 0 bridgehead atoms. The Bertz CT molecular complexity index is 548. The Hall–Kier alpha value is -2.31. The van der Waals surface area contributed by atoms with Crippen LogP contribution in [0.15, 0.2) is 18.3 Å². The summed E-state index contributed by atoms with van der Waals surface area (Å²) in [6.45, 7) is 0. The Morgan fingerprint density at radius 2 is 2.14 bits per heavy atom. The van der Waals surface area contributed by atoms with Gasteiger partial charge in [0, 0.05) is 18.7 Å². The number of hydrogen-bond acceptors (Lipinski definition) is 3. The minimum Gasteiger partial charge on any atom is -0.480 e. The van der Waals surface area contributed by atoms with Gasteiger partial charge in [-0.15, -0.1) is 0 Å². The van der Waals surface area contributed by atoms with Crippen LogP contribution in [0.5, 0.6) is 0 Å². The molecule has 0 unspecified atom stereocenters. The second kappa shape index (κ2) is 6.43. The maximum atomic E-state index is 12.2. The lowest BCUT2D eigenvalue weighted by Gasteiger charge is -2.29. The molecule has 1 fully saturated rings. The second-order valence-corrected chi connectivity index (χ2v) is 5.25. The number of amides is 2. The summed E-state index contributed by atoms with van der Waals surface area (Å²) in [7, 11) is 0. The van der Waals surface area contributed by atoms with Crippen molar-refractivity contribution in [2.45, 2.75) is 44.2 Å². The molecule has 2 amide bonds. The number of primary amides is 1. The van der Waals surface area contributed by atoms with E-state index in [4.69, 9.17) is 10.8 Å². The lowest BCUT2D eigenvalue weighted by atomic mass is 9.93. The number of nitrogens with zero attached hydrogens (tertiary/aromatic N) is 1. The minimum absolute atomic E-state index is 0.0133. The van der Waals surface area contributed by atoms with E-state index in [1.165, 1.54) is 0 Å². The molecule has 4 N–H and O–H groups in total. The van der Waals surface area contributed by atoms with Crippen molar-refractivity contribution in [1.82, 2.24) is 9.88 Å². The molecule has 21 heavy (non-hydrogen) atoms. The van der Waals surface area contributed by atoms with Crippen LogP contribution in [-0.2, 0) is 9.59 Å². The number of carboxylic acid groups (broad SMARTS) is 1. The molecular formula is C14H19N3O4. The zero-order chi connectivity index (χ0) is 15.4. The van der Waals surface area contributed by atoms with Gasteiger partial charge in [0.1, 0.15) is 11.7 Å². The van der Waals surface area contributed by atoms with Gasteiger partial charge >= 0.3 is 5.97 Å². The van der Waals surface area contributed by atoms with Gasteiger partial charge in [0.2, 0.25) is 5.91 Å². The zero-order valence-corrected chi connectivity index (χ0v) is 11.6. The third-order valence-corrected chi connectivity index (χ3v) is 3.76. The third-order valence-electron chi connectivity index (χ3n) is 3.76. The normalized spacial score (nSPS) is 16.0. The summed E-state index contributed by atoms with van der Waals surface area (Å²) in [5.41, 5.74) is 5.46. The molecular weight excluding hydrogens is 274 g/mol. The van der Waals surface area contributed by atoms with E-state index >= 15 is 0 Å². The van der Waals surface area contributed by atoms with Gasteiger partial charge in [-0.1, -0.05) is 0 Å². The number of nitrogens with one attached hydrogen (secondary N) is 1. The highest BCUT2D eigenvalue weighted by Gasteiger charge is 2.26. The van der Waals surface area contributed by atoms with Crippen molar-refractivity contribution in [2.24, 2.45) is 5.73 Å². The molecule has 0 aromatic carbocycles. The fourth-order valence-electron chi connectivity index (χ4n) is 2.35. The van der Waals surface area contributed by atoms with Crippen molar-refractivity contribution >= 4 is 17.8 Å². The zero-order valence-electron chi connectivity index (χ0n) is 11.6. The summed E-state index contributed by atoms with van der Waals surface area (Å²) in [4.78, 5) is 34.1. The highest BCUT2D eigenvalue weighted by molar-refractivity contribution is 5.95. The van der Waals surface area contributed by atoms with Crippen LogP contribution < -0.4 is 11.1 Å². The van der Waals surface area contributed by atoms with Gasteiger partial charge in [-0.3, -0.25) is 9.59 Å². The fraction of sp³-hybridized carbons (Fsp3) is 0.500. The van der Waals surface area contributed by atoms with Gasteiger partial charge in [-0.25, -0.2) is 4.79 Å². The lowest BCUT2D eigenvalue weighted by Crippen LogP contribution is -2.42. The first-order chi connectivity index (χ1) is 9.99. The largest absolute Gasteiger partial charge is 0.480 e. The average Bonchev–Trinajstić information content (AvgIpc) is 2.80. The predicted molar refractivity (Wildman–Crippen MR) is 74.6 cm³/mol. The van der Waals surface area contributed by atoms with Crippen LogP contribution in [0.1, 0.15) is 48.6 Å². The standard InChI is InChI=1S/C14H19N3O4/c15-12(18)7-6-10(14(20)21)16-13(19)11-5-2-8-17(11)9-3-1-4-9/h2,5,8-10H,1,3-4,6-7H2,(H2,15,18)(H,16,19)(H,20,21)/t10-/m0/s1. The maximum absolute atomic E-state index is 12.2. The average molecular weight is 293 g/mol. The second-order valence-electron chi connectivity index (χ2n) is 5.25. The van der Waals surface area contributed by atoms with E-state index in [1.54, 1.807) is 12.1 Å². The molecule has 7 heteroatoms. The Morgan fingerprint density at radius 1 is 1.43 bits per heavy atom. The molecule has 1 aromatic heterocycles. The van der Waals surface area contributed by atoms with Gasteiger partial charge < -0.3 is 20.7 Å². The highest BCUT2D eigenvalue weighted by Crippen LogP contribution is 2.32. The Labute approximate surface area is 122 Å². The maximum Gasteiger partial charge on any atom is 0.326 e. The summed E-state index contributed by atoms with van der Waals surface area (Å²) in [5.74, 6) is -2.21. The van der Waals surface area contributed by atoms with Gasteiger partial charge in [0.25, 0.3) is 5.91 Å². The van der Waals surface area contributed by atoms with Crippen LogP contribution >= 0.6 is 0 Å². The smallest absolute Gasteiger partial charge is 0.326 e. The Morgan fingerprint density at radius 3 is 2.67 bits per heavy atom. The highest BCUT2D eigenvalue weighted by atomic mass is 16.4. The van der Waals surface area contributed by atoms with Crippen molar-refractivity contribution in [1.29, 1.82) is 0 Å². The van der Waals surface area contributed by atoms with Crippen LogP contribution in [0.2, 0.25) is 0 Å². The van der Waals surface area contributed by atoms with Crippen molar-refractivity contribution in [3.63, 3.8) is 0 Å². The number of rotatable bonds is 7. The molecule has 1 aliphatic rings. The topological polar surface area (TPSA) is 114 Å². The first kappa shape index (κ1) is 15.1. The summed E-state index contributed by atoms with van der Waals surface area (Å²) in [6, 6.07) is 2.64. The molecule has 1 saturated carbocycles. The molecule has 0 spiro atoms. The first-order valence-electron chi connectivity index (χ1n) is 6.98. The van der Waals surface area contributed by atoms with E-state index in [9.17, 15) is 14.4 Å². The van der Waals surface area contributed by atoms with E-state index in [0.29, 0.717) is 11.7 Å². The molecule has 114 valence electrons. The molecule has 1 aliphatic carbocycles. The number of aromatic nitrogens is 1. The summed E-state index contributed by atoms with van der Waals surface area (Å²) >= 11 is 0. The summed E-state index contributed by atoms with van der Waals surface area (Å²) in [6.07, 6.45) is 4.93. The van der Waals surface area contributed by atoms with Gasteiger partial charge in [-0.2, -0.15) is 0 Å². The van der Waals surface area contributed by atoms with Crippen LogP contribution in [0.25, 0.3) is 0 Å². The number of hydrogen-bond donors (Lipinski definition) is 3. The van der Waals surface area contributed by atoms with Crippen molar-refractivity contribution in [2.75, 3.05) is 0 Å². The number of aliphatic carboxylic acids is 1. The number of carbonyl (C=O) groups is 3. The van der Waals surface area contributed by atoms with Crippen molar-refractivity contribution < 1.29 is 19.5 Å². The van der Waals surface area contributed by atoms with E-state index in [1.807, 2.05) is 10.8 Å².